The van der Waals surface area contributed by atoms with Crippen LogP contribution in [0.3, 0.4) is 0 Å². The highest BCUT2D eigenvalue weighted by Gasteiger charge is 2.22. The summed E-state index contributed by atoms with van der Waals surface area (Å²) in [6, 6.07) is 0. The molecule has 0 saturated carbocycles. The Balaban J connectivity index is 4.43. The summed E-state index contributed by atoms with van der Waals surface area (Å²) in [5, 5.41) is 1.56. The standard InChI is InChI=1S/C4H13N3O7P2/c1-3(14-16(11,12)13-2)6-4(5)7-15(8,9)10/h3H,1-2H3,(H,11,12)(H5,5,6,7,8,9,10). The molecule has 0 aromatic carbocycles. The van der Waals surface area contributed by atoms with E-state index in [2.05, 4.69) is 14.0 Å². The van der Waals surface area contributed by atoms with E-state index >= 15 is 0 Å². The van der Waals surface area contributed by atoms with E-state index in [9.17, 15) is 9.13 Å². The number of rotatable bonds is 5. The molecule has 2 atom stereocenters. The van der Waals surface area contributed by atoms with Crippen molar-refractivity contribution in [2.75, 3.05) is 7.11 Å². The Morgan fingerprint density at radius 1 is 1.44 bits per heavy atom. The highest BCUT2D eigenvalue weighted by Crippen LogP contribution is 2.43. The van der Waals surface area contributed by atoms with Crippen LogP contribution in [0.1, 0.15) is 6.92 Å². The van der Waals surface area contributed by atoms with E-state index < -0.39 is 27.8 Å². The molecule has 0 heterocycles. The molecule has 0 aliphatic heterocycles. The SMILES string of the molecule is COP(=O)(O)OC(C)N=C(N)NP(=O)(O)O. The molecule has 0 amide bonds. The third kappa shape index (κ3) is 7.77. The molecule has 16 heavy (non-hydrogen) atoms. The van der Waals surface area contributed by atoms with Gasteiger partial charge in [-0.3, -0.25) is 14.1 Å². The Kier molecular flexibility index (Phi) is 5.57. The zero-order chi connectivity index (χ0) is 13.0. The van der Waals surface area contributed by atoms with Gasteiger partial charge in [-0.15, -0.1) is 0 Å². The van der Waals surface area contributed by atoms with Gasteiger partial charge in [-0.2, -0.15) is 0 Å². The average Bonchev–Trinajstić information content (AvgIpc) is 1.98. The van der Waals surface area contributed by atoms with Gasteiger partial charge >= 0.3 is 15.6 Å². The number of nitrogens with two attached hydrogens (primary N) is 1. The fraction of sp³-hybridized carbons (Fsp3) is 0.750. The van der Waals surface area contributed by atoms with Crippen LogP contribution in [0.5, 0.6) is 0 Å². The van der Waals surface area contributed by atoms with Crippen LogP contribution in [0.4, 0.5) is 0 Å². The quantitative estimate of drug-likeness (QED) is 0.243. The third-order valence-corrected chi connectivity index (χ3v) is 2.65. The maximum Gasteiger partial charge on any atom is 0.473 e. The van der Waals surface area contributed by atoms with Gasteiger partial charge in [0.25, 0.3) is 0 Å². The molecule has 0 aromatic heterocycles. The fourth-order valence-electron chi connectivity index (χ4n) is 0.633. The van der Waals surface area contributed by atoms with Crippen molar-refractivity contribution in [1.29, 1.82) is 0 Å². The number of nitrogens with zero attached hydrogens (tertiary/aromatic N) is 1. The molecule has 0 aliphatic rings. The second-order valence-electron chi connectivity index (χ2n) is 2.53. The molecular formula is C4H13N3O7P2. The fourth-order valence-corrected chi connectivity index (χ4v) is 1.51. The Labute approximate surface area is 91.3 Å². The van der Waals surface area contributed by atoms with E-state index in [1.807, 2.05) is 0 Å². The minimum absolute atomic E-state index is 0.628. The molecule has 10 nitrogen and oxygen atoms in total. The molecule has 0 fully saturated rings. The molecule has 0 radical (unpaired) electrons. The number of phosphoric acid groups is 1. The summed E-state index contributed by atoms with van der Waals surface area (Å²) in [5.74, 6) is -0.628. The summed E-state index contributed by atoms with van der Waals surface area (Å²) in [6.45, 7) is 1.23. The molecule has 6 N–H and O–H groups in total. The molecule has 0 rings (SSSR count). The van der Waals surface area contributed by atoms with Crippen LogP contribution >= 0.6 is 15.6 Å². The Morgan fingerprint density at radius 3 is 2.31 bits per heavy atom. The molecule has 96 valence electrons. The van der Waals surface area contributed by atoms with Crippen LogP contribution in [-0.2, 0) is 18.2 Å². The smallest absolute Gasteiger partial charge is 0.370 e. The number of hydrogen-bond acceptors (Lipinski definition) is 5. The Hall–Kier alpha value is -0.470. The highest BCUT2D eigenvalue weighted by molar-refractivity contribution is 7.50. The van der Waals surface area contributed by atoms with Crippen LogP contribution in [0, 0.1) is 0 Å². The number of aliphatic imine (C=N–C) groups is 1. The maximum atomic E-state index is 10.9. The average molecular weight is 277 g/mol. The van der Waals surface area contributed by atoms with Gasteiger partial charge in [0, 0.05) is 7.11 Å². The monoisotopic (exact) mass is 277 g/mol. The summed E-state index contributed by atoms with van der Waals surface area (Å²) in [7, 11) is -7.83. The second-order valence-corrected chi connectivity index (χ2v) is 5.35. The number of guanidine groups is 1. The Bertz CT molecular complexity index is 352. The number of phosphoric ester groups is 1. The first-order chi connectivity index (χ1) is 7.06. The summed E-state index contributed by atoms with van der Waals surface area (Å²) >= 11 is 0. The lowest BCUT2D eigenvalue weighted by Gasteiger charge is -2.13. The van der Waals surface area contributed by atoms with Crippen LogP contribution in [0.2, 0.25) is 0 Å². The first-order valence-electron chi connectivity index (χ1n) is 3.80. The Morgan fingerprint density at radius 2 is 1.94 bits per heavy atom. The molecule has 0 spiro atoms. The summed E-state index contributed by atoms with van der Waals surface area (Å²) in [5.41, 5.74) is 5.08. The summed E-state index contributed by atoms with van der Waals surface area (Å²) < 4.78 is 29.8. The van der Waals surface area contributed by atoms with Crippen molar-refractivity contribution >= 4 is 21.5 Å². The molecule has 0 bridgehead atoms. The van der Waals surface area contributed by atoms with E-state index in [1.54, 1.807) is 5.09 Å². The zero-order valence-electron chi connectivity index (χ0n) is 8.47. The van der Waals surface area contributed by atoms with Crippen molar-refractivity contribution in [3.63, 3.8) is 0 Å². The molecule has 12 heteroatoms. The van der Waals surface area contributed by atoms with Crippen LogP contribution in [-0.4, -0.2) is 34.0 Å². The topological polar surface area (TPSA) is 164 Å². The van der Waals surface area contributed by atoms with Crippen LogP contribution < -0.4 is 10.8 Å². The third-order valence-electron chi connectivity index (χ3n) is 1.10. The van der Waals surface area contributed by atoms with E-state index in [1.165, 1.54) is 6.92 Å². The van der Waals surface area contributed by atoms with E-state index in [0.717, 1.165) is 7.11 Å². The van der Waals surface area contributed by atoms with Gasteiger partial charge in [-0.25, -0.2) is 14.1 Å². The normalized spacial score (nSPS) is 18.9. The lowest BCUT2D eigenvalue weighted by Crippen LogP contribution is -2.30. The molecule has 2 unspecified atom stereocenters. The van der Waals surface area contributed by atoms with Crippen molar-refractivity contribution in [3.05, 3.63) is 0 Å². The van der Waals surface area contributed by atoms with Gasteiger partial charge in [-0.05, 0) is 6.92 Å². The minimum Gasteiger partial charge on any atom is -0.370 e. The second kappa shape index (κ2) is 5.74. The van der Waals surface area contributed by atoms with Crippen LogP contribution in [0.15, 0.2) is 4.99 Å². The van der Waals surface area contributed by atoms with Crippen LogP contribution in [0.25, 0.3) is 0 Å². The molecule has 0 saturated heterocycles. The molecule has 0 aromatic rings. The predicted molar refractivity (Wildman–Crippen MR) is 54.2 cm³/mol. The molecule has 0 aliphatic carbocycles. The molecular weight excluding hydrogens is 264 g/mol. The van der Waals surface area contributed by atoms with Crippen molar-refractivity contribution in [3.8, 4) is 0 Å². The van der Waals surface area contributed by atoms with Crippen molar-refractivity contribution in [2.24, 2.45) is 10.7 Å². The van der Waals surface area contributed by atoms with E-state index in [4.69, 9.17) is 20.4 Å². The predicted octanol–water partition coefficient (Wildman–Crippen LogP) is -0.907. The maximum absolute atomic E-state index is 10.9. The van der Waals surface area contributed by atoms with Crippen molar-refractivity contribution < 1.29 is 32.9 Å². The first-order valence-corrected chi connectivity index (χ1v) is 6.90. The van der Waals surface area contributed by atoms with E-state index in [0.29, 0.717) is 0 Å². The first kappa shape index (κ1) is 15.5. The van der Waals surface area contributed by atoms with Gasteiger partial charge in [0.2, 0.25) is 0 Å². The van der Waals surface area contributed by atoms with E-state index in [-0.39, 0.29) is 0 Å². The largest absolute Gasteiger partial charge is 0.473 e. The van der Waals surface area contributed by atoms with Crippen molar-refractivity contribution in [2.45, 2.75) is 13.2 Å². The minimum atomic E-state index is -4.56. The number of hydrogen-bond donors (Lipinski definition) is 5. The lowest BCUT2D eigenvalue weighted by molar-refractivity contribution is 0.133. The summed E-state index contributed by atoms with van der Waals surface area (Å²) in [6.07, 6.45) is -1.21. The number of nitrogens with one attached hydrogen (secondary N) is 1. The zero-order valence-corrected chi connectivity index (χ0v) is 10.3. The van der Waals surface area contributed by atoms with Gasteiger partial charge in [0.1, 0.15) is 0 Å². The summed E-state index contributed by atoms with van der Waals surface area (Å²) in [4.78, 5) is 29.1. The lowest BCUT2D eigenvalue weighted by atomic mass is 10.7. The highest BCUT2D eigenvalue weighted by atomic mass is 31.2. The van der Waals surface area contributed by atoms with Gasteiger partial charge in [0.15, 0.2) is 12.2 Å². The van der Waals surface area contributed by atoms with Gasteiger partial charge in [-0.1, -0.05) is 0 Å². The van der Waals surface area contributed by atoms with Crippen molar-refractivity contribution in [1.82, 2.24) is 5.09 Å². The van der Waals surface area contributed by atoms with Gasteiger partial charge in [0.05, 0.1) is 0 Å². The van der Waals surface area contributed by atoms with Gasteiger partial charge < -0.3 is 20.4 Å².